The van der Waals surface area contributed by atoms with Gasteiger partial charge in [0.1, 0.15) is 0 Å². The van der Waals surface area contributed by atoms with Gasteiger partial charge < -0.3 is 5.32 Å². The highest BCUT2D eigenvalue weighted by Gasteiger charge is 2.38. The lowest BCUT2D eigenvalue weighted by molar-refractivity contribution is -0.128. The summed E-state index contributed by atoms with van der Waals surface area (Å²) in [6.45, 7) is 0.360. The number of fused-ring (bicyclic) bond motifs is 2. The van der Waals surface area contributed by atoms with E-state index in [1.54, 1.807) is 6.07 Å². The average Bonchev–Trinajstić information content (AvgIpc) is 2.64. The Balaban J connectivity index is 2.09. The van der Waals surface area contributed by atoms with Gasteiger partial charge in [0.2, 0.25) is 5.91 Å². The lowest BCUT2D eigenvalue weighted by atomic mass is 9.83. The Bertz CT molecular complexity index is 597. The average molecular weight is 277 g/mol. The lowest BCUT2D eigenvalue weighted by Crippen LogP contribution is -2.44. The van der Waals surface area contributed by atoms with Crippen LogP contribution in [-0.4, -0.2) is 30.4 Å². The van der Waals surface area contributed by atoms with Crippen molar-refractivity contribution in [2.24, 2.45) is 0 Å². The molecule has 5 heteroatoms. The molecule has 19 heavy (non-hydrogen) atoms. The smallest absolute Gasteiger partial charge is 0.323 e. The van der Waals surface area contributed by atoms with E-state index in [4.69, 9.17) is 11.6 Å². The van der Waals surface area contributed by atoms with E-state index in [1.807, 2.05) is 24.3 Å². The number of rotatable bonds is 0. The zero-order valence-electron chi connectivity index (χ0n) is 10.4. The number of nitrogens with one attached hydrogen (secondary N) is 1. The molecule has 4 rings (SSSR count). The zero-order valence-corrected chi connectivity index (χ0v) is 11.1. The van der Waals surface area contributed by atoms with E-state index in [1.165, 1.54) is 11.9 Å². The van der Waals surface area contributed by atoms with E-state index in [9.17, 15) is 9.59 Å². The van der Waals surface area contributed by atoms with Gasteiger partial charge in [-0.1, -0.05) is 29.8 Å². The van der Waals surface area contributed by atoms with Crippen LogP contribution < -0.4 is 5.32 Å². The first-order valence-corrected chi connectivity index (χ1v) is 6.50. The summed E-state index contributed by atoms with van der Waals surface area (Å²) in [5.74, 6) is -0.545. The first kappa shape index (κ1) is 12.2. The van der Waals surface area contributed by atoms with Gasteiger partial charge in [0, 0.05) is 24.5 Å². The Hall–Kier alpha value is -1.81. The normalized spacial score (nSPS) is 24.1. The largest absolute Gasteiger partial charge is 0.341 e. The molecular formula is C14H13ClN2O2. The predicted molar refractivity (Wildman–Crippen MR) is 72.2 cm³/mol. The third kappa shape index (κ3) is 1.83. The number of halogens is 1. The number of nitrogens with zero attached hydrogens (tertiary/aromatic N) is 1. The summed E-state index contributed by atoms with van der Waals surface area (Å²) in [5, 5.41) is 3.16. The van der Waals surface area contributed by atoms with Crippen LogP contribution >= 0.6 is 11.6 Å². The molecule has 3 aliphatic rings. The van der Waals surface area contributed by atoms with E-state index < -0.39 is 0 Å². The van der Waals surface area contributed by atoms with Gasteiger partial charge in [0.15, 0.2) is 0 Å². The molecule has 1 aliphatic carbocycles. The molecule has 1 aromatic rings. The second kappa shape index (κ2) is 4.38. The molecule has 0 saturated heterocycles. The molecule has 0 radical (unpaired) electrons. The minimum absolute atomic E-state index is 0.0219. The fourth-order valence-electron chi connectivity index (χ4n) is 2.75. The number of carbonyl (C=O) groups excluding carboxylic acids is 2. The van der Waals surface area contributed by atoms with Crippen LogP contribution in [0.3, 0.4) is 0 Å². The van der Waals surface area contributed by atoms with E-state index >= 15 is 0 Å². The van der Waals surface area contributed by atoms with Gasteiger partial charge in [-0.15, -0.1) is 0 Å². The van der Waals surface area contributed by atoms with Crippen LogP contribution in [0.5, 0.6) is 0 Å². The summed E-state index contributed by atoms with van der Waals surface area (Å²) in [4.78, 5) is 25.5. The summed E-state index contributed by atoms with van der Waals surface area (Å²) in [6, 6.07) is 5.19. The number of carbonyl (C=O) groups is 2. The quantitative estimate of drug-likeness (QED) is 0.739. The van der Waals surface area contributed by atoms with Crippen molar-refractivity contribution < 1.29 is 9.59 Å². The molecule has 2 atom stereocenters. The summed E-state index contributed by atoms with van der Waals surface area (Å²) >= 11 is 6.03. The molecule has 2 aliphatic heterocycles. The van der Waals surface area contributed by atoms with Gasteiger partial charge in [-0.3, -0.25) is 9.69 Å². The second-order valence-corrected chi connectivity index (χ2v) is 5.18. The minimum Gasteiger partial charge on any atom is -0.341 e. The van der Waals surface area contributed by atoms with Crippen molar-refractivity contribution >= 4 is 23.5 Å². The van der Waals surface area contributed by atoms with Gasteiger partial charge in [0.25, 0.3) is 0 Å². The monoisotopic (exact) mass is 276 g/mol. The molecule has 2 bridgehead atoms. The van der Waals surface area contributed by atoms with Gasteiger partial charge in [-0.2, -0.15) is 0 Å². The standard InChI is InChI=1S/C14H13ClN2O2/c1-16-14(19)17-7-8-2-4-11(13(17)18)10-5-3-9(15)6-12(8)10/h2-6,8,11H,7H2,1H3,(H,16,19). The van der Waals surface area contributed by atoms with E-state index in [0.29, 0.717) is 11.6 Å². The van der Waals surface area contributed by atoms with E-state index in [2.05, 4.69) is 5.32 Å². The highest BCUT2D eigenvalue weighted by molar-refractivity contribution is 6.30. The Morgan fingerprint density at radius 1 is 1.37 bits per heavy atom. The maximum atomic E-state index is 12.4. The third-order valence-corrected chi connectivity index (χ3v) is 3.92. The van der Waals surface area contributed by atoms with Crippen LogP contribution in [0.1, 0.15) is 23.0 Å². The van der Waals surface area contributed by atoms with Gasteiger partial charge in [0.05, 0.1) is 5.92 Å². The Kier molecular flexibility index (Phi) is 2.82. The molecule has 1 aromatic carbocycles. The molecule has 0 spiro atoms. The van der Waals surface area contributed by atoms with Crippen LogP contribution in [0.4, 0.5) is 4.79 Å². The molecule has 2 heterocycles. The number of hydrogen-bond acceptors (Lipinski definition) is 2. The zero-order chi connectivity index (χ0) is 13.6. The van der Waals surface area contributed by atoms with Crippen molar-refractivity contribution in [3.8, 4) is 0 Å². The van der Waals surface area contributed by atoms with Crippen molar-refractivity contribution in [2.45, 2.75) is 11.8 Å². The summed E-state index contributed by atoms with van der Waals surface area (Å²) in [7, 11) is 1.53. The Labute approximate surface area is 116 Å². The minimum atomic E-state index is -0.386. The molecule has 0 saturated carbocycles. The number of urea groups is 1. The number of imide groups is 1. The summed E-state index contributed by atoms with van der Waals surface area (Å²) in [5.41, 5.74) is 1.99. The SMILES string of the molecule is CNC(=O)N1CC2C=CC(C1=O)c1ccc(Cl)cc12. The maximum absolute atomic E-state index is 12.4. The van der Waals surface area contributed by atoms with E-state index in [0.717, 1.165) is 11.1 Å². The fraction of sp³-hybridized carbons (Fsp3) is 0.286. The van der Waals surface area contributed by atoms with Crippen molar-refractivity contribution in [1.29, 1.82) is 0 Å². The van der Waals surface area contributed by atoms with Crippen molar-refractivity contribution in [1.82, 2.24) is 10.2 Å². The highest BCUT2D eigenvalue weighted by Crippen LogP contribution is 2.40. The van der Waals surface area contributed by atoms with Crippen LogP contribution in [0.25, 0.3) is 0 Å². The Morgan fingerprint density at radius 3 is 2.89 bits per heavy atom. The molecule has 3 amide bonds. The van der Waals surface area contributed by atoms with Crippen LogP contribution in [0.2, 0.25) is 5.02 Å². The first-order chi connectivity index (χ1) is 9.11. The number of hydrogen-bond donors (Lipinski definition) is 1. The molecule has 4 nitrogen and oxygen atoms in total. The number of amides is 3. The molecule has 2 unspecified atom stereocenters. The summed E-state index contributed by atoms with van der Waals surface area (Å²) < 4.78 is 0. The highest BCUT2D eigenvalue weighted by atomic mass is 35.5. The van der Waals surface area contributed by atoms with Crippen LogP contribution in [0, 0.1) is 0 Å². The van der Waals surface area contributed by atoms with Gasteiger partial charge in [-0.25, -0.2) is 4.79 Å². The fourth-order valence-corrected chi connectivity index (χ4v) is 2.93. The Morgan fingerprint density at radius 2 is 2.16 bits per heavy atom. The van der Waals surface area contributed by atoms with Gasteiger partial charge in [-0.05, 0) is 23.3 Å². The predicted octanol–water partition coefficient (Wildman–Crippen LogP) is 2.26. The summed E-state index contributed by atoms with van der Waals surface area (Å²) in [6.07, 6.45) is 3.87. The van der Waals surface area contributed by atoms with Crippen LogP contribution in [-0.2, 0) is 4.79 Å². The van der Waals surface area contributed by atoms with Crippen LogP contribution in [0.15, 0.2) is 30.4 Å². The second-order valence-electron chi connectivity index (χ2n) is 4.75. The molecule has 98 valence electrons. The lowest BCUT2D eigenvalue weighted by Gasteiger charge is -2.20. The van der Waals surface area contributed by atoms with Crippen molar-refractivity contribution in [2.75, 3.05) is 13.6 Å². The molecule has 0 aromatic heterocycles. The molecule has 1 N–H and O–H groups in total. The van der Waals surface area contributed by atoms with Crippen molar-refractivity contribution in [3.63, 3.8) is 0 Å². The number of benzene rings is 1. The van der Waals surface area contributed by atoms with Gasteiger partial charge >= 0.3 is 6.03 Å². The third-order valence-electron chi connectivity index (χ3n) is 3.69. The molecule has 0 fully saturated rings. The van der Waals surface area contributed by atoms with Crippen molar-refractivity contribution in [3.05, 3.63) is 46.5 Å². The molecular weight excluding hydrogens is 264 g/mol. The first-order valence-electron chi connectivity index (χ1n) is 6.12. The van der Waals surface area contributed by atoms with E-state index in [-0.39, 0.29) is 23.8 Å². The maximum Gasteiger partial charge on any atom is 0.323 e. The topological polar surface area (TPSA) is 49.4 Å².